The van der Waals surface area contributed by atoms with Crippen molar-refractivity contribution < 1.29 is 5.11 Å². The lowest BCUT2D eigenvalue weighted by molar-refractivity contribution is 0.202. The normalized spacial score (nSPS) is 14.7. The van der Waals surface area contributed by atoms with E-state index in [1.807, 2.05) is 32.2 Å². The first-order valence-electron chi connectivity index (χ1n) is 5.21. The molecule has 0 radical (unpaired) electrons. The summed E-state index contributed by atoms with van der Waals surface area (Å²) in [4.78, 5) is 2.14. The van der Waals surface area contributed by atoms with Crippen LogP contribution in [0.15, 0.2) is 30.3 Å². The Balaban J connectivity index is 2.47. The number of aliphatic hydroxyl groups excluding tert-OH is 1. The smallest absolute Gasteiger partial charge is 0.0609 e. The second-order valence-electron chi connectivity index (χ2n) is 4.32. The van der Waals surface area contributed by atoms with Crippen LogP contribution < -0.4 is 10.6 Å². The van der Waals surface area contributed by atoms with Crippen molar-refractivity contribution in [3.05, 3.63) is 30.3 Å². The topological polar surface area (TPSA) is 49.5 Å². The van der Waals surface area contributed by atoms with E-state index in [4.69, 9.17) is 10.8 Å². The summed E-state index contributed by atoms with van der Waals surface area (Å²) < 4.78 is 0. The molecule has 1 unspecified atom stereocenters. The van der Waals surface area contributed by atoms with E-state index in [0.29, 0.717) is 0 Å². The Morgan fingerprint density at radius 1 is 1.33 bits per heavy atom. The molecular weight excluding hydrogens is 188 g/mol. The molecule has 0 aromatic heterocycles. The molecule has 0 saturated carbocycles. The molecular formula is C12H20N2O. The summed E-state index contributed by atoms with van der Waals surface area (Å²) in [6.07, 6.45) is 0.773. The first kappa shape index (κ1) is 12.0. The van der Waals surface area contributed by atoms with Crippen LogP contribution in [0.4, 0.5) is 5.69 Å². The number of hydrogen-bond acceptors (Lipinski definition) is 3. The van der Waals surface area contributed by atoms with Gasteiger partial charge in [0.2, 0.25) is 0 Å². The van der Waals surface area contributed by atoms with Crippen LogP contribution in [0.1, 0.15) is 13.3 Å². The van der Waals surface area contributed by atoms with Crippen molar-refractivity contribution in [2.45, 2.75) is 18.9 Å². The van der Waals surface area contributed by atoms with Gasteiger partial charge in [-0.05, 0) is 25.5 Å². The SMILES string of the molecule is CN(CCC(C)(N)CO)c1ccccc1. The first-order chi connectivity index (χ1) is 7.05. The van der Waals surface area contributed by atoms with Crippen molar-refractivity contribution in [2.75, 3.05) is 25.1 Å². The van der Waals surface area contributed by atoms with Gasteiger partial charge in [-0.1, -0.05) is 18.2 Å². The standard InChI is InChI=1S/C12H20N2O/c1-12(13,10-15)8-9-14(2)11-6-4-3-5-7-11/h3-7,15H,8-10,13H2,1-2H3. The van der Waals surface area contributed by atoms with Crippen LogP contribution in [-0.2, 0) is 0 Å². The third-order valence-corrected chi connectivity index (χ3v) is 2.58. The number of hydrogen-bond donors (Lipinski definition) is 2. The van der Waals surface area contributed by atoms with Crippen molar-refractivity contribution >= 4 is 5.69 Å². The molecule has 0 heterocycles. The van der Waals surface area contributed by atoms with Crippen LogP contribution in [0.2, 0.25) is 0 Å². The van der Waals surface area contributed by atoms with Crippen molar-refractivity contribution in [3.8, 4) is 0 Å². The third kappa shape index (κ3) is 3.90. The average Bonchev–Trinajstić information content (AvgIpc) is 2.27. The van der Waals surface area contributed by atoms with Crippen LogP contribution in [0, 0.1) is 0 Å². The van der Waals surface area contributed by atoms with Crippen molar-refractivity contribution in [1.82, 2.24) is 0 Å². The van der Waals surface area contributed by atoms with Gasteiger partial charge in [0.05, 0.1) is 6.61 Å². The summed E-state index contributed by atoms with van der Waals surface area (Å²) in [5, 5.41) is 9.03. The lowest BCUT2D eigenvalue weighted by Gasteiger charge is -2.26. The number of benzene rings is 1. The number of para-hydroxylation sites is 1. The van der Waals surface area contributed by atoms with Gasteiger partial charge >= 0.3 is 0 Å². The molecule has 84 valence electrons. The Bertz CT molecular complexity index is 285. The molecule has 0 aliphatic rings. The fourth-order valence-corrected chi connectivity index (χ4v) is 1.31. The van der Waals surface area contributed by atoms with Gasteiger partial charge < -0.3 is 15.7 Å². The fourth-order valence-electron chi connectivity index (χ4n) is 1.31. The fraction of sp³-hybridized carbons (Fsp3) is 0.500. The maximum absolute atomic E-state index is 9.03. The van der Waals surface area contributed by atoms with E-state index in [2.05, 4.69) is 17.0 Å². The summed E-state index contributed by atoms with van der Waals surface area (Å²) in [5.74, 6) is 0. The van der Waals surface area contributed by atoms with E-state index in [9.17, 15) is 0 Å². The van der Waals surface area contributed by atoms with Gasteiger partial charge in [-0.25, -0.2) is 0 Å². The third-order valence-electron chi connectivity index (χ3n) is 2.58. The van der Waals surface area contributed by atoms with E-state index >= 15 is 0 Å². The molecule has 0 spiro atoms. The minimum Gasteiger partial charge on any atom is -0.394 e. The summed E-state index contributed by atoms with van der Waals surface area (Å²) >= 11 is 0. The quantitative estimate of drug-likeness (QED) is 0.765. The molecule has 0 aliphatic carbocycles. The summed E-state index contributed by atoms with van der Waals surface area (Å²) in [7, 11) is 2.03. The van der Waals surface area contributed by atoms with E-state index in [0.717, 1.165) is 13.0 Å². The summed E-state index contributed by atoms with van der Waals surface area (Å²) in [6.45, 7) is 2.74. The highest BCUT2D eigenvalue weighted by atomic mass is 16.3. The maximum atomic E-state index is 9.03. The predicted molar refractivity (Wildman–Crippen MR) is 64.0 cm³/mol. The van der Waals surface area contributed by atoms with Crippen molar-refractivity contribution in [2.24, 2.45) is 5.73 Å². The van der Waals surface area contributed by atoms with Crippen LogP contribution in [0.5, 0.6) is 0 Å². The summed E-state index contributed by atoms with van der Waals surface area (Å²) in [5.41, 5.74) is 6.56. The Labute approximate surface area is 91.5 Å². The molecule has 1 aromatic carbocycles. The van der Waals surface area contributed by atoms with Gasteiger partial charge in [0.25, 0.3) is 0 Å². The lowest BCUT2D eigenvalue weighted by Crippen LogP contribution is -2.43. The maximum Gasteiger partial charge on any atom is 0.0609 e. The van der Waals surface area contributed by atoms with Crippen LogP contribution >= 0.6 is 0 Å². The zero-order valence-electron chi connectivity index (χ0n) is 9.48. The Kier molecular flexibility index (Phi) is 4.12. The zero-order valence-corrected chi connectivity index (χ0v) is 9.48. The van der Waals surface area contributed by atoms with Crippen LogP contribution in [-0.4, -0.2) is 30.8 Å². The molecule has 1 rings (SSSR count). The highest BCUT2D eigenvalue weighted by Crippen LogP contribution is 2.13. The molecule has 0 fully saturated rings. The monoisotopic (exact) mass is 208 g/mol. The minimum absolute atomic E-state index is 0.0234. The Morgan fingerprint density at radius 3 is 2.47 bits per heavy atom. The predicted octanol–water partition coefficient (Wildman–Crippen LogP) is 1.22. The molecule has 3 N–H and O–H groups in total. The molecule has 3 heteroatoms. The zero-order chi connectivity index (χ0) is 11.3. The molecule has 1 aromatic rings. The second kappa shape index (κ2) is 5.14. The van der Waals surface area contributed by atoms with Gasteiger partial charge in [0, 0.05) is 24.8 Å². The molecule has 0 amide bonds. The summed E-state index contributed by atoms with van der Waals surface area (Å²) in [6, 6.07) is 10.1. The van der Waals surface area contributed by atoms with Gasteiger partial charge in [-0.3, -0.25) is 0 Å². The van der Waals surface area contributed by atoms with Gasteiger partial charge in [0.15, 0.2) is 0 Å². The van der Waals surface area contributed by atoms with E-state index in [1.165, 1.54) is 5.69 Å². The largest absolute Gasteiger partial charge is 0.394 e. The van der Waals surface area contributed by atoms with E-state index in [-0.39, 0.29) is 6.61 Å². The Hall–Kier alpha value is -1.06. The number of aliphatic hydroxyl groups is 1. The lowest BCUT2D eigenvalue weighted by atomic mass is 10.0. The Morgan fingerprint density at radius 2 is 1.93 bits per heavy atom. The second-order valence-corrected chi connectivity index (χ2v) is 4.32. The molecule has 3 nitrogen and oxygen atoms in total. The molecule has 15 heavy (non-hydrogen) atoms. The van der Waals surface area contributed by atoms with Gasteiger partial charge in [0.1, 0.15) is 0 Å². The number of rotatable bonds is 5. The van der Waals surface area contributed by atoms with Crippen molar-refractivity contribution in [3.63, 3.8) is 0 Å². The van der Waals surface area contributed by atoms with Crippen LogP contribution in [0.3, 0.4) is 0 Å². The number of nitrogens with two attached hydrogens (primary N) is 1. The van der Waals surface area contributed by atoms with Crippen molar-refractivity contribution in [1.29, 1.82) is 0 Å². The highest BCUT2D eigenvalue weighted by Gasteiger charge is 2.17. The molecule has 0 aliphatic heterocycles. The number of anilines is 1. The van der Waals surface area contributed by atoms with Gasteiger partial charge in [-0.2, -0.15) is 0 Å². The first-order valence-corrected chi connectivity index (χ1v) is 5.21. The molecule has 0 saturated heterocycles. The van der Waals surface area contributed by atoms with E-state index in [1.54, 1.807) is 0 Å². The molecule has 1 atom stereocenters. The van der Waals surface area contributed by atoms with Gasteiger partial charge in [-0.15, -0.1) is 0 Å². The van der Waals surface area contributed by atoms with E-state index < -0.39 is 5.54 Å². The number of nitrogens with zero attached hydrogens (tertiary/aromatic N) is 1. The molecule has 0 bridgehead atoms. The minimum atomic E-state index is -0.483. The van der Waals surface area contributed by atoms with Crippen LogP contribution in [0.25, 0.3) is 0 Å². The average molecular weight is 208 g/mol. The highest BCUT2D eigenvalue weighted by molar-refractivity contribution is 5.44.